The van der Waals surface area contributed by atoms with Gasteiger partial charge in [-0.05, 0) is 18.2 Å². The van der Waals surface area contributed by atoms with Crippen molar-refractivity contribution in [1.29, 1.82) is 0 Å². The van der Waals surface area contributed by atoms with Gasteiger partial charge in [-0.2, -0.15) is 0 Å². The summed E-state index contributed by atoms with van der Waals surface area (Å²) in [5.41, 5.74) is -0.0742. The summed E-state index contributed by atoms with van der Waals surface area (Å²) in [6.07, 6.45) is 0. The number of hydrogen-bond donors (Lipinski definition) is 2. The number of nitrogens with one attached hydrogen (secondary N) is 2. The van der Waals surface area contributed by atoms with E-state index in [4.69, 9.17) is 0 Å². The Bertz CT molecular complexity index is 508. The molecular formula is C12H13F2N3O2. The van der Waals surface area contributed by atoms with E-state index < -0.39 is 11.6 Å². The summed E-state index contributed by atoms with van der Waals surface area (Å²) in [6, 6.07) is 2.96. The van der Waals surface area contributed by atoms with Gasteiger partial charge in [-0.25, -0.2) is 8.78 Å². The van der Waals surface area contributed by atoms with Crippen LogP contribution in [0.1, 0.15) is 0 Å². The molecule has 5 nitrogen and oxygen atoms in total. The first-order valence-corrected chi connectivity index (χ1v) is 5.79. The van der Waals surface area contributed by atoms with Crippen LogP contribution in [0.2, 0.25) is 0 Å². The second-order valence-corrected chi connectivity index (χ2v) is 4.14. The van der Waals surface area contributed by atoms with Crippen LogP contribution < -0.4 is 10.6 Å². The number of benzene rings is 1. The second kappa shape index (κ2) is 5.64. The van der Waals surface area contributed by atoms with Crippen molar-refractivity contribution in [2.75, 3.05) is 31.5 Å². The lowest BCUT2D eigenvalue weighted by Gasteiger charge is -2.26. The summed E-state index contributed by atoms with van der Waals surface area (Å²) in [5.74, 6) is -1.78. The molecule has 0 atom stereocenters. The molecule has 0 bridgehead atoms. The third kappa shape index (κ3) is 3.40. The van der Waals surface area contributed by atoms with E-state index in [1.807, 2.05) is 0 Å². The number of carbonyl (C=O) groups is 2. The largest absolute Gasteiger partial charge is 0.374 e. The highest BCUT2D eigenvalue weighted by Gasteiger charge is 2.20. The number of nitrogens with zero attached hydrogens (tertiary/aromatic N) is 1. The summed E-state index contributed by atoms with van der Waals surface area (Å²) in [7, 11) is 0. The smallest absolute Gasteiger partial charge is 0.242 e. The van der Waals surface area contributed by atoms with Crippen molar-refractivity contribution in [2.45, 2.75) is 0 Å². The molecule has 1 saturated heterocycles. The highest BCUT2D eigenvalue weighted by Crippen LogP contribution is 2.14. The van der Waals surface area contributed by atoms with E-state index in [0.717, 1.165) is 18.2 Å². The first kappa shape index (κ1) is 13.3. The minimum Gasteiger partial charge on any atom is -0.374 e. The lowest BCUT2D eigenvalue weighted by molar-refractivity contribution is -0.136. The van der Waals surface area contributed by atoms with Gasteiger partial charge in [-0.3, -0.25) is 9.59 Å². The molecule has 1 aromatic rings. The summed E-state index contributed by atoms with van der Waals surface area (Å²) >= 11 is 0. The topological polar surface area (TPSA) is 61.4 Å². The Morgan fingerprint density at radius 3 is 2.95 bits per heavy atom. The average Bonchev–Trinajstić information content (AvgIpc) is 2.39. The van der Waals surface area contributed by atoms with Crippen molar-refractivity contribution in [1.82, 2.24) is 10.2 Å². The first-order valence-electron chi connectivity index (χ1n) is 5.79. The number of carbonyl (C=O) groups excluding carboxylic acids is 2. The first-order chi connectivity index (χ1) is 9.06. The molecule has 102 valence electrons. The Hall–Kier alpha value is -2.18. The lowest BCUT2D eigenvalue weighted by Crippen LogP contribution is -2.51. The van der Waals surface area contributed by atoms with Gasteiger partial charge in [0.25, 0.3) is 0 Å². The Morgan fingerprint density at radius 1 is 1.42 bits per heavy atom. The predicted octanol–water partition coefficient (Wildman–Crippen LogP) is 0.335. The standard InChI is InChI=1S/C12H13F2N3O2/c13-8-1-2-9(14)10(5-8)16-6-12(19)17-4-3-15-11(18)7-17/h1-2,5,16H,3-4,6-7H2,(H,15,18). The summed E-state index contributed by atoms with van der Waals surface area (Å²) in [6.45, 7) is 0.622. The fourth-order valence-electron chi connectivity index (χ4n) is 1.77. The van der Waals surface area contributed by atoms with Crippen molar-refractivity contribution >= 4 is 17.5 Å². The van der Waals surface area contributed by atoms with Gasteiger partial charge in [0.1, 0.15) is 11.6 Å². The molecule has 1 aliphatic rings. The third-order valence-corrected chi connectivity index (χ3v) is 2.75. The second-order valence-electron chi connectivity index (χ2n) is 4.14. The highest BCUT2D eigenvalue weighted by atomic mass is 19.1. The Kier molecular flexibility index (Phi) is 3.94. The quantitative estimate of drug-likeness (QED) is 0.831. The third-order valence-electron chi connectivity index (χ3n) is 2.75. The highest BCUT2D eigenvalue weighted by molar-refractivity contribution is 5.87. The van der Waals surface area contributed by atoms with Gasteiger partial charge in [0.2, 0.25) is 11.8 Å². The van der Waals surface area contributed by atoms with Crippen LogP contribution in [0.25, 0.3) is 0 Å². The van der Waals surface area contributed by atoms with Gasteiger partial charge in [0.05, 0.1) is 18.8 Å². The molecule has 19 heavy (non-hydrogen) atoms. The maximum Gasteiger partial charge on any atom is 0.242 e. The van der Waals surface area contributed by atoms with Crippen LogP contribution in [-0.2, 0) is 9.59 Å². The summed E-state index contributed by atoms with van der Waals surface area (Å²) in [5, 5.41) is 5.12. The van der Waals surface area contributed by atoms with Crippen LogP contribution in [0, 0.1) is 11.6 Å². The van der Waals surface area contributed by atoms with Gasteiger partial charge in [0.15, 0.2) is 0 Å². The van der Waals surface area contributed by atoms with Crippen molar-refractivity contribution in [3.8, 4) is 0 Å². The monoisotopic (exact) mass is 269 g/mol. The number of piperazine rings is 1. The van der Waals surface area contributed by atoms with Crippen molar-refractivity contribution in [3.63, 3.8) is 0 Å². The number of rotatable bonds is 3. The van der Waals surface area contributed by atoms with E-state index in [9.17, 15) is 18.4 Å². The SMILES string of the molecule is O=C1CN(C(=O)CNc2cc(F)ccc2F)CCN1. The van der Waals surface area contributed by atoms with Gasteiger partial charge >= 0.3 is 0 Å². The van der Waals surface area contributed by atoms with Crippen LogP contribution in [0.4, 0.5) is 14.5 Å². The molecule has 7 heteroatoms. The maximum absolute atomic E-state index is 13.3. The average molecular weight is 269 g/mol. The molecule has 0 aromatic heterocycles. The number of hydrogen-bond acceptors (Lipinski definition) is 3. The molecule has 2 rings (SSSR count). The van der Waals surface area contributed by atoms with Gasteiger partial charge in [-0.1, -0.05) is 0 Å². The molecular weight excluding hydrogens is 256 g/mol. The maximum atomic E-state index is 13.3. The molecule has 2 amide bonds. The van der Waals surface area contributed by atoms with Crippen LogP contribution in [0.3, 0.4) is 0 Å². The van der Waals surface area contributed by atoms with Crippen LogP contribution in [-0.4, -0.2) is 42.9 Å². The zero-order chi connectivity index (χ0) is 13.8. The molecule has 0 unspecified atom stereocenters. The molecule has 1 fully saturated rings. The zero-order valence-electron chi connectivity index (χ0n) is 10.1. The van der Waals surface area contributed by atoms with Gasteiger partial charge in [0, 0.05) is 13.1 Å². The Balaban J connectivity index is 1.92. The molecule has 1 heterocycles. The zero-order valence-corrected chi connectivity index (χ0v) is 10.1. The van der Waals surface area contributed by atoms with E-state index >= 15 is 0 Å². The molecule has 1 aliphatic heterocycles. The molecule has 0 aliphatic carbocycles. The number of anilines is 1. The van der Waals surface area contributed by atoms with E-state index in [1.54, 1.807) is 0 Å². The molecule has 0 saturated carbocycles. The van der Waals surface area contributed by atoms with E-state index in [2.05, 4.69) is 10.6 Å². The van der Waals surface area contributed by atoms with Crippen molar-refractivity contribution < 1.29 is 18.4 Å². The van der Waals surface area contributed by atoms with Crippen molar-refractivity contribution in [2.24, 2.45) is 0 Å². The predicted molar refractivity (Wildman–Crippen MR) is 64.4 cm³/mol. The molecule has 2 N–H and O–H groups in total. The van der Waals surface area contributed by atoms with Gasteiger partial charge < -0.3 is 15.5 Å². The van der Waals surface area contributed by atoms with E-state index in [0.29, 0.717) is 13.1 Å². The molecule has 1 aromatic carbocycles. The van der Waals surface area contributed by atoms with E-state index in [-0.39, 0.29) is 30.6 Å². The fraction of sp³-hybridized carbons (Fsp3) is 0.333. The fourth-order valence-corrected chi connectivity index (χ4v) is 1.77. The molecule has 0 radical (unpaired) electrons. The lowest BCUT2D eigenvalue weighted by atomic mass is 10.3. The number of amides is 2. The minimum atomic E-state index is -0.634. The minimum absolute atomic E-state index is 0.00779. The molecule has 0 spiro atoms. The van der Waals surface area contributed by atoms with Crippen LogP contribution in [0.5, 0.6) is 0 Å². The van der Waals surface area contributed by atoms with Crippen LogP contribution in [0.15, 0.2) is 18.2 Å². The normalized spacial score (nSPS) is 15.1. The van der Waals surface area contributed by atoms with Crippen LogP contribution >= 0.6 is 0 Å². The van der Waals surface area contributed by atoms with Gasteiger partial charge in [-0.15, -0.1) is 0 Å². The Labute approximate surface area is 108 Å². The van der Waals surface area contributed by atoms with E-state index in [1.165, 1.54) is 4.90 Å². The summed E-state index contributed by atoms with van der Waals surface area (Å²) in [4.78, 5) is 24.3. The summed E-state index contributed by atoms with van der Waals surface area (Å²) < 4.78 is 26.2. The number of halogens is 2. The van der Waals surface area contributed by atoms with Crippen molar-refractivity contribution in [3.05, 3.63) is 29.8 Å². The Morgan fingerprint density at radius 2 is 2.21 bits per heavy atom.